The number of nitrogens with zero attached hydrogens (tertiary/aromatic N) is 3. The summed E-state index contributed by atoms with van der Waals surface area (Å²) < 4.78 is 18.9. The third kappa shape index (κ3) is 2.91. The van der Waals surface area contributed by atoms with E-state index in [1.54, 1.807) is 0 Å². The maximum atomic E-state index is 13.3. The van der Waals surface area contributed by atoms with Crippen LogP contribution >= 0.6 is 0 Å². The van der Waals surface area contributed by atoms with Gasteiger partial charge in [-0.2, -0.15) is 9.37 Å². The van der Waals surface area contributed by atoms with Crippen molar-refractivity contribution in [3.63, 3.8) is 0 Å². The Morgan fingerprint density at radius 1 is 1.24 bits per heavy atom. The number of hydrogen-bond donors (Lipinski definition) is 0. The molecule has 1 aromatic heterocycles. The van der Waals surface area contributed by atoms with Gasteiger partial charge in [-0.25, -0.2) is 4.98 Å². The van der Waals surface area contributed by atoms with Crippen LogP contribution in [0.4, 0.5) is 4.39 Å². The molecule has 0 saturated heterocycles. The number of ether oxygens (including phenoxy) is 1. The molecule has 0 fully saturated rings. The fourth-order valence-electron chi connectivity index (χ4n) is 1.97. The molecule has 0 amide bonds. The van der Waals surface area contributed by atoms with Gasteiger partial charge in [-0.1, -0.05) is 0 Å². The van der Waals surface area contributed by atoms with Gasteiger partial charge in [-0.15, -0.1) is 0 Å². The zero-order valence-electron chi connectivity index (χ0n) is 10.5. The molecule has 0 atom stereocenters. The second kappa shape index (κ2) is 4.96. The summed E-state index contributed by atoms with van der Waals surface area (Å²) in [6, 6.07) is 0. The SMILES string of the molecule is CC(C)Oc1nc(F)nc2c1CCN(C)CC2. The summed E-state index contributed by atoms with van der Waals surface area (Å²) in [5, 5.41) is 0. The topological polar surface area (TPSA) is 38.3 Å². The summed E-state index contributed by atoms with van der Waals surface area (Å²) in [5.41, 5.74) is 1.75. The first-order valence-electron chi connectivity index (χ1n) is 5.96. The summed E-state index contributed by atoms with van der Waals surface area (Å²) in [6.07, 6.45) is 0.867. The highest BCUT2D eigenvalue weighted by Gasteiger charge is 2.20. The van der Waals surface area contributed by atoms with Crippen LogP contribution in [0.25, 0.3) is 0 Å². The van der Waals surface area contributed by atoms with Gasteiger partial charge in [-0.3, -0.25) is 0 Å². The molecule has 0 unspecified atom stereocenters. The molecular weight excluding hydrogens is 221 g/mol. The predicted molar refractivity (Wildman–Crippen MR) is 62.7 cm³/mol. The summed E-state index contributed by atoms with van der Waals surface area (Å²) in [7, 11) is 2.05. The van der Waals surface area contributed by atoms with Crippen LogP contribution in [-0.4, -0.2) is 41.1 Å². The number of hydrogen-bond acceptors (Lipinski definition) is 4. The molecule has 2 heterocycles. The number of rotatable bonds is 2. The molecule has 5 heteroatoms. The second-order valence-electron chi connectivity index (χ2n) is 4.69. The number of likely N-dealkylation sites (N-methyl/N-ethyl adjacent to an activating group) is 1. The number of halogens is 1. The molecule has 1 aromatic rings. The van der Waals surface area contributed by atoms with Crippen LogP contribution in [0.2, 0.25) is 0 Å². The van der Waals surface area contributed by atoms with Crippen molar-refractivity contribution in [3.05, 3.63) is 17.3 Å². The smallest absolute Gasteiger partial charge is 0.312 e. The van der Waals surface area contributed by atoms with Crippen LogP contribution in [0.3, 0.4) is 0 Å². The maximum absolute atomic E-state index is 13.3. The zero-order chi connectivity index (χ0) is 12.4. The number of aromatic nitrogens is 2. The quantitative estimate of drug-likeness (QED) is 0.732. The third-order valence-corrected chi connectivity index (χ3v) is 2.85. The van der Waals surface area contributed by atoms with Crippen LogP contribution in [0.5, 0.6) is 5.88 Å². The van der Waals surface area contributed by atoms with Gasteiger partial charge in [0.1, 0.15) is 0 Å². The fraction of sp³-hybridized carbons (Fsp3) is 0.667. The van der Waals surface area contributed by atoms with E-state index in [9.17, 15) is 4.39 Å². The highest BCUT2D eigenvalue weighted by molar-refractivity contribution is 5.31. The molecule has 0 N–H and O–H groups in total. The molecule has 0 bridgehead atoms. The Labute approximate surface area is 101 Å². The molecule has 0 spiro atoms. The van der Waals surface area contributed by atoms with E-state index in [1.165, 1.54) is 0 Å². The monoisotopic (exact) mass is 239 g/mol. The van der Waals surface area contributed by atoms with Crippen molar-refractivity contribution >= 4 is 0 Å². The van der Waals surface area contributed by atoms with Gasteiger partial charge in [0.05, 0.1) is 11.8 Å². The lowest BCUT2D eigenvalue weighted by Gasteiger charge is -2.14. The van der Waals surface area contributed by atoms with Crippen LogP contribution in [0.15, 0.2) is 0 Å². The summed E-state index contributed by atoms with van der Waals surface area (Å²) in [6.45, 7) is 5.64. The minimum atomic E-state index is -0.691. The molecule has 0 aromatic carbocycles. The first kappa shape index (κ1) is 12.2. The lowest BCUT2D eigenvalue weighted by atomic mass is 10.1. The zero-order valence-corrected chi connectivity index (χ0v) is 10.5. The first-order chi connectivity index (χ1) is 8.06. The molecule has 0 radical (unpaired) electrons. The second-order valence-corrected chi connectivity index (χ2v) is 4.69. The van der Waals surface area contributed by atoms with Gasteiger partial charge in [0.2, 0.25) is 5.88 Å². The molecule has 94 valence electrons. The Balaban J connectivity index is 2.36. The van der Waals surface area contributed by atoms with Crippen molar-refractivity contribution in [1.82, 2.24) is 14.9 Å². The van der Waals surface area contributed by atoms with Gasteiger partial charge < -0.3 is 9.64 Å². The molecule has 0 saturated carbocycles. The molecular formula is C12H18FN3O. The van der Waals surface area contributed by atoms with E-state index in [0.29, 0.717) is 5.88 Å². The third-order valence-electron chi connectivity index (χ3n) is 2.85. The standard InChI is InChI=1S/C12H18FN3O/c1-8(2)17-11-9-4-6-16(3)7-5-10(9)14-12(13)15-11/h8H,4-7H2,1-3H3. The van der Waals surface area contributed by atoms with Gasteiger partial charge >= 0.3 is 6.08 Å². The normalized spacial score (nSPS) is 16.8. The van der Waals surface area contributed by atoms with Crippen molar-refractivity contribution in [3.8, 4) is 5.88 Å². The predicted octanol–water partition coefficient (Wildman–Crippen LogP) is 1.43. The highest BCUT2D eigenvalue weighted by atomic mass is 19.1. The molecule has 17 heavy (non-hydrogen) atoms. The summed E-state index contributed by atoms with van der Waals surface area (Å²) in [4.78, 5) is 9.87. The average Bonchev–Trinajstić information content (AvgIpc) is 2.40. The van der Waals surface area contributed by atoms with E-state index in [-0.39, 0.29) is 6.10 Å². The van der Waals surface area contributed by atoms with Gasteiger partial charge in [0, 0.05) is 25.1 Å². The van der Waals surface area contributed by atoms with E-state index in [0.717, 1.165) is 37.2 Å². The lowest BCUT2D eigenvalue weighted by Crippen LogP contribution is -2.20. The molecule has 4 nitrogen and oxygen atoms in total. The lowest BCUT2D eigenvalue weighted by molar-refractivity contribution is 0.225. The van der Waals surface area contributed by atoms with Gasteiger partial charge in [0.25, 0.3) is 0 Å². The van der Waals surface area contributed by atoms with Gasteiger partial charge in [-0.05, 0) is 27.3 Å². The van der Waals surface area contributed by atoms with Crippen LogP contribution < -0.4 is 4.74 Å². The van der Waals surface area contributed by atoms with Crippen LogP contribution in [-0.2, 0) is 12.8 Å². The Kier molecular flexibility index (Phi) is 3.57. The minimum absolute atomic E-state index is 0.00520. The summed E-state index contributed by atoms with van der Waals surface area (Å²) in [5.74, 6) is 0.415. The van der Waals surface area contributed by atoms with Crippen LogP contribution in [0.1, 0.15) is 25.1 Å². The van der Waals surface area contributed by atoms with Crippen molar-refractivity contribution < 1.29 is 9.13 Å². The Morgan fingerprint density at radius 2 is 1.94 bits per heavy atom. The molecule has 0 aliphatic carbocycles. The van der Waals surface area contributed by atoms with Crippen molar-refractivity contribution in [2.24, 2.45) is 0 Å². The van der Waals surface area contributed by atoms with Crippen LogP contribution in [0, 0.1) is 6.08 Å². The number of fused-ring (bicyclic) bond motifs is 1. The Bertz CT molecular complexity index is 409. The largest absolute Gasteiger partial charge is 0.475 e. The summed E-state index contributed by atoms with van der Waals surface area (Å²) >= 11 is 0. The molecule has 1 aliphatic rings. The fourth-order valence-corrected chi connectivity index (χ4v) is 1.97. The van der Waals surface area contributed by atoms with Gasteiger partial charge in [0.15, 0.2) is 0 Å². The highest BCUT2D eigenvalue weighted by Crippen LogP contribution is 2.23. The molecule has 2 rings (SSSR count). The Morgan fingerprint density at radius 3 is 2.65 bits per heavy atom. The first-order valence-corrected chi connectivity index (χ1v) is 5.96. The van der Waals surface area contributed by atoms with E-state index in [4.69, 9.17) is 4.74 Å². The average molecular weight is 239 g/mol. The van der Waals surface area contributed by atoms with Crippen molar-refractivity contribution in [2.75, 3.05) is 20.1 Å². The van der Waals surface area contributed by atoms with Crippen molar-refractivity contribution in [1.29, 1.82) is 0 Å². The van der Waals surface area contributed by atoms with E-state index >= 15 is 0 Å². The maximum Gasteiger partial charge on any atom is 0.312 e. The van der Waals surface area contributed by atoms with E-state index in [1.807, 2.05) is 13.8 Å². The Hall–Kier alpha value is -1.23. The van der Waals surface area contributed by atoms with Crippen molar-refractivity contribution in [2.45, 2.75) is 32.8 Å². The minimum Gasteiger partial charge on any atom is -0.475 e. The molecule has 1 aliphatic heterocycles. The van der Waals surface area contributed by atoms with E-state index < -0.39 is 6.08 Å². The van der Waals surface area contributed by atoms with E-state index in [2.05, 4.69) is 21.9 Å².